The lowest BCUT2D eigenvalue weighted by Gasteiger charge is -2.44. The summed E-state index contributed by atoms with van der Waals surface area (Å²) in [5, 5.41) is 3.59. The van der Waals surface area contributed by atoms with Crippen molar-refractivity contribution in [3.63, 3.8) is 0 Å². The molecule has 1 aliphatic carbocycles. The zero-order chi connectivity index (χ0) is 15.7. The van der Waals surface area contributed by atoms with Gasteiger partial charge < -0.3 is 5.32 Å². The first-order valence-electron chi connectivity index (χ1n) is 7.52. The minimum atomic E-state index is -3.34. The number of halogens is 1. The van der Waals surface area contributed by atoms with Crippen LogP contribution in [0.5, 0.6) is 0 Å². The lowest BCUT2D eigenvalue weighted by Crippen LogP contribution is -2.55. The molecule has 2 atom stereocenters. The summed E-state index contributed by atoms with van der Waals surface area (Å²) in [6.45, 7) is 7.12. The fourth-order valence-corrected chi connectivity index (χ4v) is 5.64. The van der Waals surface area contributed by atoms with Crippen LogP contribution in [0.3, 0.4) is 0 Å². The van der Waals surface area contributed by atoms with Gasteiger partial charge in [0.05, 0.1) is 10.1 Å². The summed E-state index contributed by atoms with van der Waals surface area (Å²) < 4.78 is 26.0. The number of sulfone groups is 1. The normalized spacial score (nSPS) is 25.7. The molecule has 118 valence electrons. The van der Waals surface area contributed by atoms with Gasteiger partial charge in [-0.2, -0.15) is 0 Å². The van der Waals surface area contributed by atoms with Gasteiger partial charge in [0.1, 0.15) is 0 Å². The van der Waals surface area contributed by atoms with Crippen LogP contribution in [0.2, 0.25) is 5.02 Å². The highest BCUT2D eigenvalue weighted by molar-refractivity contribution is 7.92. The van der Waals surface area contributed by atoms with Crippen molar-refractivity contribution >= 4 is 21.4 Å². The van der Waals surface area contributed by atoms with Crippen LogP contribution in [0.25, 0.3) is 0 Å². The molecule has 1 aromatic carbocycles. The summed E-state index contributed by atoms with van der Waals surface area (Å²) in [5.41, 5.74) is -0.0155. The van der Waals surface area contributed by atoms with Crippen LogP contribution in [0.1, 0.15) is 40.0 Å². The first kappa shape index (κ1) is 16.8. The predicted octanol–water partition coefficient (Wildman–Crippen LogP) is 3.67. The van der Waals surface area contributed by atoms with E-state index in [9.17, 15) is 8.42 Å². The summed E-state index contributed by atoms with van der Waals surface area (Å²) in [7, 11) is -3.34. The van der Waals surface area contributed by atoms with Crippen molar-refractivity contribution in [3.8, 4) is 0 Å². The van der Waals surface area contributed by atoms with Crippen LogP contribution in [0.15, 0.2) is 29.2 Å². The molecule has 1 aromatic rings. The number of hydrogen-bond acceptors (Lipinski definition) is 3. The number of benzene rings is 1. The van der Waals surface area contributed by atoms with Crippen molar-refractivity contribution in [1.29, 1.82) is 0 Å². The Morgan fingerprint density at radius 1 is 1.29 bits per heavy atom. The molecule has 0 radical (unpaired) electrons. The second-order valence-corrected chi connectivity index (χ2v) is 9.06. The lowest BCUT2D eigenvalue weighted by atomic mass is 9.73. The van der Waals surface area contributed by atoms with Gasteiger partial charge in [0.15, 0.2) is 9.84 Å². The van der Waals surface area contributed by atoms with E-state index in [4.69, 9.17) is 11.6 Å². The third kappa shape index (κ3) is 3.43. The molecule has 1 N–H and O–H groups in total. The van der Waals surface area contributed by atoms with E-state index in [0.717, 1.165) is 19.4 Å². The molecular weight excluding hydrogens is 306 g/mol. The molecule has 0 aromatic heterocycles. The van der Waals surface area contributed by atoms with Gasteiger partial charge in [0, 0.05) is 11.1 Å². The summed E-state index contributed by atoms with van der Waals surface area (Å²) in [6, 6.07) is 6.50. The quantitative estimate of drug-likeness (QED) is 0.916. The minimum absolute atomic E-state index is 0.0155. The van der Waals surface area contributed by atoms with Crippen molar-refractivity contribution in [3.05, 3.63) is 29.3 Å². The van der Waals surface area contributed by atoms with E-state index in [-0.39, 0.29) is 16.7 Å². The van der Waals surface area contributed by atoms with Crippen LogP contribution in [-0.4, -0.2) is 26.3 Å². The van der Waals surface area contributed by atoms with Gasteiger partial charge in [0.25, 0.3) is 0 Å². The summed E-state index contributed by atoms with van der Waals surface area (Å²) in [5.74, 6) is 0. The van der Waals surface area contributed by atoms with Gasteiger partial charge in [-0.3, -0.25) is 0 Å². The Balaban J connectivity index is 2.39. The molecule has 0 saturated heterocycles. The Morgan fingerprint density at radius 2 is 1.90 bits per heavy atom. The monoisotopic (exact) mass is 329 g/mol. The smallest absolute Gasteiger partial charge is 0.182 e. The van der Waals surface area contributed by atoms with Crippen molar-refractivity contribution in [2.45, 2.75) is 56.2 Å². The third-order valence-corrected chi connectivity index (χ3v) is 6.97. The lowest BCUT2D eigenvalue weighted by molar-refractivity contribution is 0.172. The van der Waals surface area contributed by atoms with Crippen molar-refractivity contribution < 1.29 is 8.42 Å². The largest absolute Gasteiger partial charge is 0.312 e. The van der Waals surface area contributed by atoms with Gasteiger partial charge in [-0.25, -0.2) is 8.42 Å². The Bertz CT molecular complexity index is 581. The summed E-state index contributed by atoms with van der Waals surface area (Å²) in [6.07, 6.45) is 2.72. The van der Waals surface area contributed by atoms with Gasteiger partial charge >= 0.3 is 0 Å². The zero-order valence-corrected chi connectivity index (χ0v) is 14.5. The van der Waals surface area contributed by atoms with E-state index in [0.29, 0.717) is 16.3 Å². The molecule has 0 heterocycles. The van der Waals surface area contributed by atoms with Gasteiger partial charge in [-0.1, -0.05) is 38.8 Å². The van der Waals surface area contributed by atoms with Crippen molar-refractivity contribution in [2.24, 2.45) is 5.41 Å². The Labute approximate surface area is 133 Å². The molecule has 1 fully saturated rings. The maximum absolute atomic E-state index is 13.0. The SMILES string of the molecule is CCNC1C(S(=O)(=O)c2ccc(Cl)cc2)CCCC1(C)C. The van der Waals surface area contributed by atoms with Gasteiger partial charge in [-0.15, -0.1) is 0 Å². The highest BCUT2D eigenvalue weighted by Crippen LogP contribution is 2.40. The molecule has 2 rings (SSSR count). The standard InChI is InChI=1S/C16H24ClNO2S/c1-4-18-15-14(6-5-11-16(15,2)3)21(19,20)13-9-7-12(17)8-10-13/h7-10,14-15,18H,4-6,11H2,1-3H3. The fourth-order valence-electron chi connectivity index (χ4n) is 3.35. The first-order valence-corrected chi connectivity index (χ1v) is 9.44. The first-order chi connectivity index (χ1) is 9.79. The average molecular weight is 330 g/mol. The van der Waals surface area contributed by atoms with E-state index in [1.807, 2.05) is 6.92 Å². The summed E-state index contributed by atoms with van der Waals surface area (Å²) in [4.78, 5) is 0.373. The maximum atomic E-state index is 13.0. The molecule has 2 unspecified atom stereocenters. The molecule has 1 saturated carbocycles. The molecule has 3 nitrogen and oxygen atoms in total. The van der Waals surface area contributed by atoms with E-state index in [2.05, 4.69) is 19.2 Å². The van der Waals surface area contributed by atoms with Crippen LogP contribution in [0, 0.1) is 5.41 Å². The highest BCUT2D eigenvalue weighted by atomic mass is 35.5. The Hall–Kier alpha value is -0.580. The Kier molecular flexibility index (Phi) is 5.01. The molecule has 0 spiro atoms. The predicted molar refractivity (Wildman–Crippen MR) is 87.5 cm³/mol. The van der Waals surface area contributed by atoms with E-state index < -0.39 is 9.84 Å². The number of hydrogen-bond donors (Lipinski definition) is 1. The molecule has 21 heavy (non-hydrogen) atoms. The fraction of sp³-hybridized carbons (Fsp3) is 0.625. The van der Waals surface area contributed by atoms with Crippen LogP contribution >= 0.6 is 11.6 Å². The topological polar surface area (TPSA) is 46.2 Å². The van der Waals surface area contributed by atoms with Crippen LogP contribution < -0.4 is 5.32 Å². The van der Waals surface area contributed by atoms with Gasteiger partial charge in [0.2, 0.25) is 0 Å². The molecule has 0 aliphatic heterocycles. The van der Waals surface area contributed by atoms with Crippen molar-refractivity contribution in [2.75, 3.05) is 6.54 Å². The van der Waals surface area contributed by atoms with E-state index >= 15 is 0 Å². The average Bonchev–Trinajstić information content (AvgIpc) is 2.41. The van der Waals surface area contributed by atoms with Gasteiger partial charge in [-0.05, 0) is 49.1 Å². The number of nitrogens with one attached hydrogen (secondary N) is 1. The molecule has 5 heteroatoms. The third-order valence-electron chi connectivity index (χ3n) is 4.49. The van der Waals surface area contributed by atoms with Crippen LogP contribution in [-0.2, 0) is 9.84 Å². The van der Waals surface area contributed by atoms with E-state index in [1.54, 1.807) is 24.3 Å². The number of rotatable bonds is 4. The highest BCUT2D eigenvalue weighted by Gasteiger charge is 2.44. The molecule has 0 amide bonds. The second kappa shape index (κ2) is 6.27. The second-order valence-electron chi connectivity index (χ2n) is 6.45. The minimum Gasteiger partial charge on any atom is -0.312 e. The summed E-state index contributed by atoms with van der Waals surface area (Å²) >= 11 is 5.86. The molecule has 0 bridgehead atoms. The maximum Gasteiger partial charge on any atom is 0.182 e. The Morgan fingerprint density at radius 3 is 2.48 bits per heavy atom. The van der Waals surface area contributed by atoms with E-state index in [1.165, 1.54) is 0 Å². The zero-order valence-electron chi connectivity index (χ0n) is 12.9. The van der Waals surface area contributed by atoms with Crippen molar-refractivity contribution in [1.82, 2.24) is 5.32 Å². The molecule has 1 aliphatic rings. The van der Waals surface area contributed by atoms with Crippen LogP contribution in [0.4, 0.5) is 0 Å². The molecular formula is C16H24ClNO2S.